The van der Waals surface area contributed by atoms with Gasteiger partial charge < -0.3 is 19.8 Å². The normalized spacial score (nSPS) is 19.2. The summed E-state index contributed by atoms with van der Waals surface area (Å²) in [7, 11) is 0. The van der Waals surface area contributed by atoms with E-state index >= 15 is 0 Å². The Labute approximate surface area is 149 Å². The summed E-state index contributed by atoms with van der Waals surface area (Å²) in [6, 6.07) is 6.62. The lowest BCUT2D eigenvalue weighted by molar-refractivity contribution is -0.139. The van der Waals surface area contributed by atoms with Gasteiger partial charge in [-0.25, -0.2) is 0 Å². The number of furan rings is 1. The largest absolute Gasteiger partial charge is 0.480 e. The third-order valence-electron chi connectivity index (χ3n) is 4.65. The molecule has 2 aromatic heterocycles. The Hall–Kier alpha value is -2.87. The minimum absolute atomic E-state index is 0.00422. The molecule has 3 rings (SSSR count). The molecule has 1 aliphatic carbocycles. The third-order valence-corrected chi connectivity index (χ3v) is 4.65. The molecule has 2 aromatic rings. The molecule has 2 heterocycles. The molecule has 0 aliphatic heterocycles. The van der Waals surface area contributed by atoms with Gasteiger partial charge in [-0.2, -0.15) is 0 Å². The third kappa shape index (κ3) is 3.85. The Bertz CT molecular complexity index is 837. The van der Waals surface area contributed by atoms with Crippen LogP contribution in [0.25, 0.3) is 11.5 Å². The number of H-pyrrole nitrogens is 1. The molecule has 138 valence electrons. The Morgan fingerprint density at radius 2 is 2.12 bits per heavy atom. The molecular weight excluding hydrogens is 338 g/mol. The second kappa shape index (κ2) is 7.57. The fraction of sp³-hybridized carbons (Fsp3) is 0.389. The van der Waals surface area contributed by atoms with E-state index in [2.05, 4.69) is 10.3 Å². The summed E-state index contributed by atoms with van der Waals surface area (Å²) in [4.78, 5) is 39.9. The lowest BCUT2D eigenvalue weighted by Gasteiger charge is -2.42. The van der Waals surface area contributed by atoms with Gasteiger partial charge in [0.05, 0.1) is 18.5 Å². The maximum atomic E-state index is 12.3. The van der Waals surface area contributed by atoms with Crippen LogP contribution in [0.3, 0.4) is 0 Å². The second-order valence-corrected chi connectivity index (χ2v) is 6.34. The molecule has 0 unspecified atom stereocenters. The van der Waals surface area contributed by atoms with Gasteiger partial charge >= 0.3 is 5.97 Å². The molecule has 3 N–H and O–H groups in total. The van der Waals surface area contributed by atoms with Crippen LogP contribution in [0.5, 0.6) is 0 Å². The van der Waals surface area contributed by atoms with E-state index in [9.17, 15) is 14.4 Å². The van der Waals surface area contributed by atoms with Crippen LogP contribution in [0.1, 0.15) is 30.1 Å². The quantitative estimate of drug-likeness (QED) is 0.686. The standard InChI is InChI=1S/C18H21N3O5/c1-2-21(10-16(22)23)12-8-11(9-12)19-17(24)13-5-6-14(20-18(13)25)15-4-3-7-26-15/h3-7,11-12H,2,8-10H2,1H3,(H,19,24)(H,20,25)(H,22,23). The first-order valence-electron chi connectivity index (χ1n) is 8.51. The first kappa shape index (κ1) is 17.9. The van der Waals surface area contributed by atoms with E-state index in [1.165, 1.54) is 12.3 Å². The molecule has 0 atom stereocenters. The van der Waals surface area contributed by atoms with Crippen LogP contribution in [0.2, 0.25) is 0 Å². The van der Waals surface area contributed by atoms with Gasteiger partial charge in [0.15, 0.2) is 0 Å². The van der Waals surface area contributed by atoms with Gasteiger partial charge in [-0.05, 0) is 43.7 Å². The van der Waals surface area contributed by atoms with Crippen LogP contribution < -0.4 is 10.9 Å². The summed E-state index contributed by atoms with van der Waals surface area (Å²) < 4.78 is 5.22. The number of pyridine rings is 1. The Morgan fingerprint density at radius 3 is 2.69 bits per heavy atom. The molecule has 1 saturated carbocycles. The zero-order chi connectivity index (χ0) is 18.7. The number of hydrogen-bond donors (Lipinski definition) is 3. The molecule has 1 aliphatic rings. The van der Waals surface area contributed by atoms with E-state index in [0.29, 0.717) is 30.8 Å². The second-order valence-electron chi connectivity index (χ2n) is 6.34. The number of aromatic nitrogens is 1. The monoisotopic (exact) mass is 359 g/mol. The highest BCUT2D eigenvalue weighted by Crippen LogP contribution is 2.25. The van der Waals surface area contributed by atoms with Crippen LogP contribution in [0.4, 0.5) is 0 Å². The molecule has 8 nitrogen and oxygen atoms in total. The van der Waals surface area contributed by atoms with Gasteiger partial charge in [0, 0.05) is 12.1 Å². The number of aliphatic carboxylic acids is 1. The number of carbonyl (C=O) groups excluding carboxylic acids is 1. The predicted molar refractivity (Wildman–Crippen MR) is 93.9 cm³/mol. The average molecular weight is 359 g/mol. The van der Waals surface area contributed by atoms with Gasteiger partial charge in [0.1, 0.15) is 11.3 Å². The van der Waals surface area contributed by atoms with Crippen molar-refractivity contribution in [1.29, 1.82) is 0 Å². The number of nitrogens with one attached hydrogen (secondary N) is 2. The SMILES string of the molecule is CCN(CC(=O)O)C1CC(NC(=O)c2ccc(-c3ccco3)[nH]c2=O)C1. The van der Waals surface area contributed by atoms with Crippen molar-refractivity contribution in [2.45, 2.75) is 31.8 Å². The van der Waals surface area contributed by atoms with Crippen molar-refractivity contribution < 1.29 is 19.1 Å². The van der Waals surface area contributed by atoms with E-state index in [0.717, 1.165) is 0 Å². The lowest BCUT2D eigenvalue weighted by atomic mass is 9.85. The van der Waals surface area contributed by atoms with E-state index < -0.39 is 17.4 Å². The maximum absolute atomic E-state index is 12.3. The van der Waals surface area contributed by atoms with Crippen LogP contribution in [0, 0.1) is 0 Å². The van der Waals surface area contributed by atoms with Crippen LogP contribution in [-0.2, 0) is 4.79 Å². The molecular formula is C18H21N3O5. The highest BCUT2D eigenvalue weighted by molar-refractivity contribution is 5.94. The summed E-state index contributed by atoms with van der Waals surface area (Å²) in [5.41, 5.74) is 0.0718. The number of aromatic amines is 1. The summed E-state index contributed by atoms with van der Waals surface area (Å²) in [5.74, 6) is -0.765. The van der Waals surface area contributed by atoms with Gasteiger partial charge in [-0.3, -0.25) is 19.3 Å². The molecule has 0 aromatic carbocycles. The summed E-state index contributed by atoms with van der Waals surface area (Å²) in [6.45, 7) is 2.55. The maximum Gasteiger partial charge on any atom is 0.317 e. The molecule has 0 bridgehead atoms. The fourth-order valence-electron chi connectivity index (χ4n) is 3.17. The van der Waals surface area contributed by atoms with Gasteiger partial charge in [0.25, 0.3) is 11.5 Å². The van der Waals surface area contributed by atoms with Crippen molar-refractivity contribution in [2.24, 2.45) is 0 Å². The van der Waals surface area contributed by atoms with Gasteiger partial charge in [-0.1, -0.05) is 6.92 Å². The molecule has 1 fully saturated rings. The predicted octanol–water partition coefficient (Wildman–Crippen LogP) is 1.30. The van der Waals surface area contributed by atoms with Crippen molar-refractivity contribution in [3.8, 4) is 11.5 Å². The number of amides is 1. The van der Waals surface area contributed by atoms with Gasteiger partial charge in [-0.15, -0.1) is 0 Å². The first-order chi connectivity index (χ1) is 12.5. The van der Waals surface area contributed by atoms with Crippen LogP contribution in [0.15, 0.2) is 39.7 Å². The lowest BCUT2D eigenvalue weighted by Crippen LogP contribution is -2.55. The zero-order valence-electron chi connectivity index (χ0n) is 14.4. The van der Waals surface area contributed by atoms with Crippen LogP contribution in [-0.4, -0.2) is 52.0 Å². The average Bonchev–Trinajstić information content (AvgIpc) is 3.10. The van der Waals surface area contributed by atoms with E-state index in [1.807, 2.05) is 11.8 Å². The number of rotatable bonds is 7. The molecule has 0 radical (unpaired) electrons. The number of carboxylic acids is 1. The summed E-state index contributed by atoms with van der Waals surface area (Å²) in [5, 5.41) is 11.7. The number of carboxylic acid groups (broad SMARTS) is 1. The van der Waals surface area contributed by atoms with E-state index in [-0.39, 0.29) is 24.2 Å². The summed E-state index contributed by atoms with van der Waals surface area (Å²) in [6.07, 6.45) is 2.86. The van der Waals surface area contributed by atoms with Crippen molar-refractivity contribution >= 4 is 11.9 Å². The van der Waals surface area contributed by atoms with Crippen molar-refractivity contribution in [3.05, 3.63) is 46.4 Å². The fourth-order valence-corrected chi connectivity index (χ4v) is 3.17. The van der Waals surface area contributed by atoms with Crippen molar-refractivity contribution in [1.82, 2.24) is 15.2 Å². The number of hydrogen-bond acceptors (Lipinski definition) is 5. The van der Waals surface area contributed by atoms with E-state index in [1.54, 1.807) is 18.2 Å². The molecule has 0 saturated heterocycles. The first-order valence-corrected chi connectivity index (χ1v) is 8.51. The minimum atomic E-state index is -0.859. The minimum Gasteiger partial charge on any atom is -0.480 e. The Morgan fingerprint density at radius 1 is 1.35 bits per heavy atom. The van der Waals surface area contributed by atoms with Gasteiger partial charge in [0.2, 0.25) is 0 Å². The Balaban J connectivity index is 1.58. The van der Waals surface area contributed by atoms with Crippen molar-refractivity contribution in [3.63, 3.8) is 0 Å². The molecule has 1 amide bonds. The van der Waals surface area contributed by atoms with Crippen LogP contribution >= 0.6 is 0 Å². The topological polar surface area (TPSA) is 116 Å². The van der Waals surface area contributed by atoms with Crippen molar-refractivity contribution in [2.75, 3.05) is 13.1 Å². The number of likely N-dealkylation sites (N-methyl/N-ethyl adjacent to an activating group) is 1. The van der Waals surface area contributed by atoms with E-state index in [4.69, 9.17) is 9.52 Å². The molecule has 0 spiro atoms. The number of carbonyl (C=O) groups is 2. The smallest absolute Gasteiger partial charge is 0.317 e. The molecule has 8 heteroatoms. The zero-order valence-corrected chi connectivity index (χ0v) is 14.4. The number of nitrogens with zero attached hydrogens (tertiary/aromatic N) is 1. The highest BCUT2D eigenvalue weighted by Gasteiger charge is 2.35. The Kier molecular flexibility index (Phi) is 5.22. The summed E-state index contributed by atoms with van der Waals surface area (Å²) >= 11 is 0. The highest BCUT2D eigenvalue weighted by atomic mass is 16.4. The molecule has 26 heavy (non-hydrogen) atoms.